The number of ether oxygens (including phenoxy) is 4. The van der Waals surface area contributed by atoms with Crippen LogP contribution in [0.3, 0.4) is 0 Å². The quantitative estimate of drug-likeness (QED) is 0.517. The van der Waals surface area contributed by atoms with Gasteiger partial charge in [-0.15, -0.1) is 0 Å². The monoisotopic (exact) mass is 558 g/mol. The van der Waals surface area contributed by atoms with Gasteiger partial charge < -0.3 is 28.7 Å². The van der Waals surface area contributed by atoms with E-state index in [1.165, 1.54) is 25.7 Å². The van der Waals surface area contributed by atoms with E-state index >= 15 is 0 Å². The summed E-state index contributed by atoms with van der Waals surface area (Å²) in [5, 5.41) is 0. The van der Waals surface area contributed by atoms with E-state index in [2.05, 4.69) is 0 Å². The fourth-order valence-electron chi connectivity index (χ4n) is 10.8. The predicted octanol–water partition coefficient (Wildman–Crippen LogP) is 3.38. The molecule has 0 N–H and O–H groups in total. The van der Waals surface area contributed by atoms with Crippen molar-refractivity contribution in [1.29, 1.82) is 0 Å². The zero-order valence-electron chi connectivity index (χ0n) is 24.4. The molecule has 8 aliphatic carbocycles. The van der Waals surface area contributed by atoms with Gasteiger partial charge in [0.25, 0.3) is 0 Å². The van der Waals surface area contributed by atoms with Crippen LogP contribution in [-0.2, 0) is 28.5 Å². The summed E-state index contributed by atoms with van der Waals surface area (Å²) in [5.74, 6) is 5.31. The van der Waals surface area contributed by atoms with Crippen LogP contribution in [0.25, 0.3) is 0 Å². The minimum atomic E-state index is -0.125. The van der Waals surface area contributed by atoms with Gasteiger partial charge in [-0.25, -0.2) is 0 Å². The van der Waals surface area contributed by atoms with E-state index < -0.39 is 0 Å². The van der Waals surface area contributed by atoms with E-state index in [1.807, 2.05) is 9.80 Å². The van der Waals surface area contributed by atoms with Crippen molar-refractivity contribution in [3.63, 3.8) is 0 Å². The van der Waals surface area contributed by atoms with Gasteiger partial charge in [0, 0.05) is 26.2 Å². The van der Waals surface area contributed by atoms with Crippen molar-refractivity contribution in [1.82, 2.24) is 9.80 Å². The minimum absolute atomic E-state index is 0.125. The summed E-state index contributed by atoms with van der Waals surface area (Å²) >= 11 is 0. The maximum Gasteiger partial charge on any atom is 0.228 e. The van der Waals surface area contributed by atoms with Crippen LogP contribution in [0.4, 0.5) is 0 Å². The van der Waals surface area contributed by atoms with Crippen molar-refractivity contribution >= 4 is 11.8 Å². The normalized spacial score (nSPS) is 44.2. The molecule has 8 bridgehead atoms. The highest BCUT2D eigenvalue weighted by molar-refractivity contribution is 5.84. The van der Waals surface area contributed by atoms with Crippen LogP contribution >= 0.6 is 0 Å². The first-order valence-electron chi connectivity index (χ1n) is 16.4. The van der Waals surface area contributed by atoms with Crippen molar-refractivity contribution < 1.29 is 28.5 Å². The summed E-state index contributed by atoms with van der Waals surface area (Å²) in [6, 6.07) is 0. The third kappa shape index (κ3) is 5.24. The molecular weight excluding hydrogens is 508 g/mol. The van der Waals surface area contributed by atoms with Crippen molar-refractivity contribution in [3.05, 3.63) is 0 Å². The third-order valence-corrected chi connectivity index (χ3v) is 12.1. The van der Waals surface area contributed by atoms with E-state index in [4.69, 9.17) is 18.9 Å². The molecule has 9 fully saturated rings. The smallest absolute Gasteiger partial charge is 0.228 e. The Morgan fingerprint density at radius 1 is 0.450 bits per heavy atom. The predicted molar refractivity (Wildman–Crippen MR) is 148 cm³/mol. The topological polar surface area (TPSA) is 77.5 Å². The van der Waals surface area contributed by atoms with Crippen LogP contribution in [-0.4, -0.2) is 101 Å². The number of amides is 2. The standard InChI is InChI=1S/C32H50N2O6/c35-29(31-17-23-13-25(19-31)26(14-23)20-31)33-1-5-37-9-10-39-7-3-34(4-8-40-12-11-38-6-2-33)30(36)32-18-24-15-27(21-32)28(16-24)22-32/h23-28H,1-22H2. The molecule has 0 aromatic carbocycles. The molecule has 8 saturated carbocycles. The molecule has 1 heterocycles. The Kier molecular flexibility index (Phi) is 7.91. The second kappa shape index (κ2) is 11.5. The Labute approximate surface area is 239 Å². The average Bonchev–Trinajstić information content (AvgIpc) is 3.57. The van der Waals surface area contributed by atoms with Gasteiger partial charge in [-0.3, -0.25) is 9.59 Å². The number of hydrogen-bond acceptors (Lipinski definition) is 6. The molecule has 1 aliphatic heterocycles. The largest absolute Gasteiger partial charge is 0.377 e. The summed E-state index contributed by atoms with van der Waals surface area (Å²) in [5.41, 5.74) is -0.250. The number of nitrogens with zero attached hydrogens (tertiary/aromatic N) is 2. The molecule has 2 amide bonds. The number of carbonyl (C=O) groups is 2. The zero-order chi connectivity index (χ0) is 27.2. The van der Waals surface area contributed by atoms with Crippen molar-refractivity contribution in [2.45, 2.75) is 64.2 Å². The first-order chi connectivity index (χ1) is 19.5. The van der Waals surface area contributed by atoms with Crippen LogP contribution < -0.4 is 0 Å². The Morgan fingerprint density at radius 3 is 1.02 bits per heavy atom. The van der Waals surface area contributed by atoms with Gasteiger partial charge in [0.05, 0.1) is 63.7 Å². The Bertz CT molecular complexity index is 809. The second-order valence-electron chi connectivity index (χ2n) is 14.5. The van der Waals surface area contributed by atoms with Gasteiger partial charge in [0.2, 0.25) is 11.8 Å². The van der Waals surface area contributed by atoms with E-state index in [-0.39, 0.29) is 10.8 Å². The van der Waals surface area contributed by atoms with E-state index in [1.54, 1.807) is 0 Å². The van der Waals surface area contributed by atoms with Crippen LogP contribution in [0.1, 0.15) is 64.2 Å². The summed E-state index contributed by atoms with van der Waals surface area (Å²) < 4.78 is 23.7. The molecule has 9 aliphatic rings. The maximum atomic E-state index is 13.8. The van der Waals surface area contributed by atoms with Crippen LogP contribution in [0, 0.1) is 46.3 Å². The lowest BCUT2D eigenvalue weighted by Gasteiger charge is -2.40. The highest BCUT2D eigenvalue weighted by Gasteiger charge is 2.61. The molecule has 4 atom stereocenters. The molecule has 224 valence electrons. The van der Waals surface area contributed by atoms with Gasteiger partial charge in [-0.1, -0.05) is 0 Å². The van der Waals surface area contributed by atoms with Crippen LogP contribution in [0.15, 0.2) is 0 Å². The lowest BCUT2D eigenvalue weighted by atomic mass is 9.68. The fraction of sp³-hybridized carbons (Fsp3) is 0.938. The Hall–Kier alpha value is -1.22. The summed E-state index contributed by atoms with van der Waals surface area (Å²) in [6.45, 7) is 6.49. The van der Waals surface area contributed by atoms with Crippen molar-refractivity contribution in [2.24, 2.45) is 46.3 Å². The number of carbonyl (C=O) groups excluding carboxylic acids is 2. The highest BCUT2D eigenvalue weighted by Crippen LogP contribution is 2.65. The molecule has 4 unspecified atom stereocenters. The highest BCUT2D eigenvalue weighted by atomic mass is 16.5. The molecule has 0 aromatic rings. The SMILES string of the molecule is O=C(N1CCOCCOCCN(C(=O)C23CC4CC(C2)C(C4)C3)CCOCCOCC1)C12CC3CC(C1)C(C3)C2. The first-order valence-corrected chi connectivity index (χ1v) is 16.4. The van der Waals surface area contributed by atoms with Crippen molar-refractivity contribution in [3.8, 4) is 0 Å². The molecular formula is C32H50N2O6. The molecule has 8 nitrogen and oxygen atoms in total. The van der Waals surface area contributed by atoms with Gasteiger partial charge in [0.1, 0.15) is 0 Å². The second-order valence-corrected chi connectivity index (χ2v) is 14.5. The van der Waals surface area contributed by atoms with Gasteiger partial charge in [0.15, 0.2) is 0 Å². The molecule has 0 radical (unpaired) electrons. The fourth-order valence-corrected chi connectivity index (χ4v) is 10.8. The van der Waals surface area contributed by atoms with Gasteiger partial charge in [-0.05, 0) is 99.7 Å². The van der Waals surface area contributed by atoms with E-state index in [0.29, 0.717) is 90.8 Å². The van der Waals surface area contributed by atoms with Gasteiger partial charge in [-0.2, -0.15) is 0 Å². The lowest BCUT2D eigenvalue weighted by Crippen LogP contribution is -2.48. The lowest BCUT2D eigenvalue weighted by molar-refractivity contribution is -0.148. The Balaban J connectivity index is 0.911. The average molecular weight is 559 g/mol. The van der Waals surface area contributed by atoms with Crippen LogP contribution in [0.5, 0.6) is 0 Å². The summed E-state index contributed by atoms with van der Waals surface area (Å²) in [4.78, 5) is 31.7. The van der Waals surface area contributed by atoms with Gasteiger partial charge >= 0.3 is 0 Å². The summed E-state index contributed by atoms with van der Waals surface area (Å²) in [6.07, 6.45) is 11.9. The first kappa shape index (κ1) is 27.6. The molecule has 1 saturated heterocycles. The summed E-state index contributed by atoms with van der Waals surface area (Å²) in [7, 11) is 0. The van der Waals surface area contributed by atoms with Crippen LogP contribution in [0.2, 0.25) is 0 Å². The molecule has 9 rings (SSSR count). The number of hydrogen-bond donors (Lipinski definition) is 0. The molecule has 8 heteroatoms. The number of rotatable bonds is 2. The minimum Gasteiger partial charge on any atom is -0.377 e. The maximum absolute atomic E-state index is 13.8. The zero-order valence-corrected chi connectivity index (χ0v) is 24.4. The van der Waals surface area contributed by atoms with E-state index in [9.17, 15) is 9.59 Å². The molecule has 0 aromatic heterocycles. The Morgan fingerprint density at radius 2 is 0.750 bits per heavy atom. The molecule has 0 spiro atoms. The molecule has 40 heavy (non-hydrogen) atoms. The van der Waals surface area contributed by atoms with Crippen molar-refractivity contribution in [2.75, 3.05) is 79.0 Å². The van der Waals surface area contributed by atoms with E-state index in [0.717, 1.165) is 74.0 Å². The third-order valence-electron chi connectivity index (χ3n) is 12.1.